The number of halogens is 3. The van der Waals surface area contributed by atoms with Crippen molar-refractivity contribution in [1.82, 2.24) is 25.2 Å². The molecule has 2 aromatic heterocycles. The number of rotatable bonds is 4. The molecule has 1 unspecified atom stereocenters. The van der Waals surface area contributed by atoms with Gasteiger partial charge in [0.05, 0.1) is 11.6 Å². The summed E-state index contributed by atoms with van der Waals surface area (Å²) in [7, 11) is 0. The molecule has 0 amide bonds. The largest absolute Gasteiger partial charge is 0.508 e. The molecule has 2 N–H and O–H groups in total. The van der Waals surface area contributed by atoms with Crippen LogP contribution < -0.4 is 19.7 Å². The Labute approximate surface area is 251 Å². The number of hydrogen-bond donors (Lipinski definition) is 2. The third-order valence-electron chi connectivity index (χ3n) is 10.3. The van der Waals surface area contributed by atoms with Gasteiger partial charge in [-0.05, 0) is 55.8 Å². The first kappa shape index (κ1) is 26.5. The Balaban J connectivity index is 1.23. The maximum Gasteiger partial charge on any atom is 0.319 e. The highest BCUT2D eigenvalue weighted by Crippen LogP contribution is 2.45. The van der Waals surface area contributed by atoms with Gasteiger partial charge in [-0.3, -0.25) is 4.90 Å². The Hall–Kier alpha value is -3.90. The Kier molecular flexibility index (Phi) is 5.75. The first-order chi connectivity index (χ1) is 21.4. The molecule has 7 heterocycles. The molecule has 44 heavy (non-hydrogen) atoms. The minimum atomic E-state index is -0.915. The molecule has 4 aromatic rings. The number of phenols is 1. The summed E-state index contributed by atoms with van der Waals surface area (Å²) in [5, 5.41) is 15.0. The fourth-order valence-corrected chi connectivity index (χ4v) is 8.36. The van der Waals surface area contributed by atoms with E-state index in [9.17, 15) is 9.50 Å². The average Bonchev–Trinajstić information content (AvgIpc) is 3.64. The topological polar surface area (TPSA) is 95.9 Å². The van der Waals surface area contributed by atoms with Crippen molar-refractivity contribution in [3.63, 3.8) is 0 Å². The van der Waals surface area contributed by atoms with Crippen molar-refractivity contribution in [2.24, 2.45) is 0 Å². The standard InChI is InChI=1S/C32H31F3N6O3/c33-17-11-32(7-2-8-40(32)12-17)15-44-31-38-28-25-29(39-31)41-13-18-5-6-22(36-18)23(41)14-43-30(25)37-27(26(28)35)20-10-19(42)9-16-3-1-4-21(34)24(16)20/h1,3-4,9-10,17-18,22-23,36,42H,2,5-8,11-15H2/t17-,18+,22?,23+,32-/m0/s1. The predicted molar refractivity (Wildman–Crippen MR) is 157 cm³/mol. The lowest BCUT2D eigenvalue weighted by atomic mass is 9.95. The van der Waals surface area contributed by atoms with Crippen molar-refractivity contribution >= 4 is 27.5 Å². The van der Waals surface area contributed by atoms with Crippen molar-refractivity contribution in [3.8, 4) is 28.9 Å². The molecule has 2 aromatic carbocycles. The number of benzene rings is 2. The number of hydrogen-bond acceptors (Lipinski definition) is 9. The quantitative estimate of drug-likeness (QED) is 0.350. The Morgan fingerprint density at radius 3 is 2.93 bits per heavy atom. The van der Waals surface area contributed by atoms with Crippen LogP contribution in [0.15, 0.2) is 30.3 Å². The molecule has 0 saturated carbocycles. The molecule has 9 nitrogen and oxygen atoms in total. The molecule has 0 radical (unpaired) electrons. The second-order valence-electron chi connectivity index (χ2n) is 12.9. The van der Waals surface area contributed by atoms with Gasteiger partial charge in [0.25, 0.3) is 0 Å². The summed E-state index contributed by atoms with van der Waals surface area (Å²) in [4.78, 5) is 18.3. The fourth-order valence-electron chi connectivity index (χ4n) is 8.36. The fraction of sp³-hybridized carbons (Fsp3) is 0.469. The molecule has 9 rings (SSSR count). The summed E-state index contributed by atoms with van der Waals surface area (Å²) < 4.78 is 59.1. The molecule has 12 heteroatoms. The van der Waals surface area contributed by atoms with Crippen LogP contribution in [0.25, 0.3) is 32.9 Å². The zero-order valence-electron chi connectivity index (χ0n) is 23.9. The molecule has 5 aliphatic rings. The maximum absolute atomic E-state index is 16.8. The number of aromatic nitrogens is 3. The Morgan fingerprint density at radius 2 is 2.02 bits per heavy atom. The number of pyridine rings is 1. The predicted octanol–water partition coefficient (Wildman–Crippen LogP) is 4.49. The van der Waals surface area contributed by atoms with Crippen molar-refractivity contribution in [3.05, 3.63) is 42.0 Å². The van der Waals surface area contributed by atoms with Gasteiger partial charge in [0, 0.05) is 42.5 Å². The molecule has 5 aliphatic heterocycles. The van der Waals surface area contributed by atoms with Crippen molar-refractivity contribution < 1.29 is 27.8 Å². The van der Waals surface area contributed by atoms with Gasteiger partial charge in [-0.2, -0.15) is 9.97 Å². The molecule has 228 valence electrons. The van der Waals surface area contributed by atoms with Crippen LogP contribution in [-0.2, 0) is 0 Å². The molecule has 5 atom stereocenters. The summed E-state index contributed by atoms with van der Waals surface area (Å²) in [5.74, 6) is -0.881. The van der Waals surface area contributed by atoms with E-state index in [1.807, 2.05) is 0 Å². The third-order valence-corrected chi connectivity index (χ3v) is 10.3. The summed E-state index contributed by atoms with van der Waals surface area (Å²) in [6.07, 6.45) is 3.24. The SMILES string of the molecule is Oc1cc(-c2nc3c4c(nc(OC[C@@]56CCCN5C[C@@H](F)C6)nc4c2F)N2C[C@H]4CCC(N4)[C@H]2CO3)c2c(F)cccc2c1. The number of nitrogens with zero attached hydrogens (tertiary/aromatic N) is 5. The average molecular weight is 605 g/mol. The van der Waals surface area contributed by atoms with Crippen LogP contribution in [-0.4, -0.2) is 87.6 Å². The Morgan fingerprint density at radius 1 is 1.11 bits per heavy atom. The highest BCUT2D eigenvalue weighted by Gasteiger charge is 2.50. The van der Waals surface area contributed by atoms with Crippen LogP contribution in [0.4, 0.5) is 19.0 Å². The van der Waals surface area contributed by atoms with E-state index in [0.29, 0.717) is 36.1 Å². The highest BCUT2D eigenvalue weighted by atomic mass is 19.1. The van der Waals surface area contributed by atoms with E-state index in [1.165, 1.54) is 24.3 Å². The molecule has 4 fully saturated rings. The van der Waals surface area contributed by atoms with Crippen LogP contribution >= 0.6 is 0 Å². The van der Waals surface area contributed by atoms with Crippen LogP contribution in [0, 0.1) is 11.6 Å². The monoisotopic (exact) mass is 604 g/mol. The number of aromatic hydroxyl groups is 1. The van der Waals surface area contributed by atoms with Crippen LogP contribution in [0.3, 0.4) is 0 Å². The zero-order chi connectivity index (χ0) is 29.7. The molecule has 0 spiro atoms. The number of phenolic OH excluding ortho intramolecular Hbond substituents is 1. The number of piperazine rings is 1. The molecular weight excluding hydrogens is 573 g/mol. The van der Waals surface area contributed by atoms with Gasteiger partial charge in [-0.1, -0.05) is 12.1 Å². The zero-order valence-corrected chi connectivity index (χ0v) is 23.9. The molecule has 4 saturated heterocycles. The van der Waals surface area contributed by atoms with Crippen LogP contribution in [0.1, 0.15) is 32.1 Å². The van der Waals surface area contributed by atoms with E-state index in [2.05, 4.69) is 25.1 Å². The smallest absolute Gasteiger partial charge is 0.319 e. The molecule has 0 aliphatic carbocycles. The summed E-state index contributed by atoms with van der Waals surface area (Å²) in [6.45, 7) is 2.34. The van der Waals surface area contributed by atoms with Gasteiger partial charge in [0.1, 0.15) is 53.4 Å². The van der Waals surface area contributed by atoms with Crippen molar-refractivity contribution in [2.75, 3.05) is 37.7 Å². The summed E-state index contributed by atoms with van der Waals surface area (Å²) >= 11 is 0. The van der Waals surface area contributed by atoms with E-state index in [-0.39, 0.29) is 71.1 Å². The number of alkyl halides is 1. The van der Waals surface area contributed by atoms with Crippen molar-refractivity contribution in [2.45, 2.75) is 61.9 Å². The Bertz CT molecular complexity index is 1840. The van der Waals surface area contributed by atoms with E-state index < -0.39 is 23.3 Å². The summed E-state index contributed by atoms with van der Waals surface area (Å²) in [5.41, 5.74) is -0.593. The van der Waals surface area contributed by atoms with E-state index >= 15 is 8.78 Å². The van der Waals surface area contributed by atoms with E-state index in [0.717, 1.165) is 32.2 Å². The number of nitrogens with one attached hydrogen (secondary N) is 1. The van der Waals surface area contributed by atoms with Gasteiger partial charge in [0.15, 0.2) is 5.82 Å². The van der Waals surface area contributed by atoms with E-state index in [1.54, 1.807) is 6.07 Å². The lowest BCUT2D eigenvalue weighted by Crippen LogP contribution is -2.60. The van der Waals surface area contributed by atoms with Crippen LogP contribution in [0.2, 0.25) is 0 Å². The molecule has 2 bridgehead atoms. The van der Waals surface area contributed by atoms with Gasteiger partial charge in [-0.15, -0.1) is 0 Å². The van der Waals surface area contributed by atoms with Gasteiger partial charge in [0.2, 0.25) is 5.88 Å². The van der Waals surface area contributed by atoms with Gasteiger partial charge < -0.3 is 24.8 Å². The lowest BCUT2D eigenvalue weighted by Gasteiger charge is -2.40. The lowest BCUT2D eigenvalue weighted by molar-refractivity contribution is 0.107. The second-order valence-corrected chi connectivity index (χ2v) is 12.9. The summed E-state index contributed by atoms with van der Waals surface area (Å²) in [6, 6.07) is 7.54. The maximum atomic E-state index is 16.8. The number of anilines is 1. The van der Waals surface area contributed by atoms with Crippen molar-refractivity contribution in [1.29, 1.82) is 0 Å². The second kappa shape index (κ2) is 9.55. The van der Waals surface area contributed by atoms with E-state index in [4.69, 9.17) is 14.5 Å². The third kappa shape index (κ3) is 3.89. The van der Waals surface area contributed by atoms with Gasteiger partial charge >= 0.3 is 6.01 Å². The highest BCUT2D eigenvalue weighted by molar-refractivity contribution is 6.02. The first-order valence-electron chi connectivity index (χ1n) is 15.4. The first-order valence-corrected chi connectivity index (χ1v) is 15.4. The normalized spacial score (nSPS) is 29.1. The molecular formula is C32H31F3N6O3. The number of ether oxygens (including phenoxy) is 2. The minimum absolute atomic E-state index is 0.00323. The van der Waals surface area contributed by atoms with Gasteiger partial charge in [-0.25, -0.2) is 18.2 Å². The minimum Gasteiger partial charge on any atom is -0.508 e. The van der Waals surface area contributed by atoms with Crippen LogP contribution in [0.5, 0.6) is 17.6 Å². The number of fused-ring (bicyclic) bond motifs is 7.